The molecule has 1 aromatic heterocycles. The van der Waals surface area contributed by atoms with Gasteiger partial charge >= 0.3 is 11.9 Å². The van der Waals surface area contributed by atoms with Gasteiger partial charge in [-0.15, -0.1) is 0 Å². The van der Waals surface area contributed by atoms with Crippen LogP contribution in [0.15, 0.2) is 4.42 Å². The third kappa shape index (κ3) is 1.90. The summed E-state index contributed by atoms with van der Waals surface area (Å²) in [7, 11) is 0. The van der Waals surface area contributed by atoms with Crippen LogP contribution in [-0.2, 0) is 4.74 Å². The van der Waals surface area contributed by atoms with E-state index < -0.39 is 11.9 Å². The maximum atomic E-state index is 11.2. The predicted octanol–water partition coefficient (Wildman–Crippen LogP) is 0.259. The van der Waals surface area contributed by atoms with E-state index in [9.17, 15) is 9.59 Å². The van der Waals surface area contributed by atoms with Gasteiger partial charge in [-0.3, -0.25) is 4.79 Å². The molecule has 0 spiro atoms. The molecule has 0 bridgehead atoms. The maximum Gasteiger partial charge on any atom is 0.376 e. The van der Waals surface area contributed by atoms with Gasteiger partial charge in [0.15, 0.2) is 0 Å². The van der Waals surface area contributed by atoms with Crippen molar-refractivity contribution in [2.24, 2.45) is 5.73 Å². The number of hydrogen-bond acceptors (Lipinski definition) is 5. The van der Waals surface area contributed by atoms with Crippen LogP contribution in [-0.4, -0.2) is 23.5 Å². The van der Waals surface area contributed by atoms with Crippen LogP contribution in [0.1, 0.15) is 33.9 Å². The second kappa shape index (κ2) is 3.91. The van der Waals surface area contributed by atoms with Gasteiger partial charge in [0, 0.05) is 0 Å². The van der Waals surface area contributed by atoms with Gasteiger partial charge in [0.25, 0.3) is 5.89 Å². The first-order valence-electron chi connectivity index (χ1n) is 4.00. The van der Waals surface area contributed by atoms with Crippen molar-refractivity contribution in [1.82, 2.24) is 4.98 Å². The van der Waals surface area contributed by atoms with Crippen LogP contribution in [0, 0.1) is 6.92 Å². The van der Waals surface area contributed by atoms with Gasteiger partial charge in [-0.2, -0.15) is 0 Å². The fourth-order valence-electron chi connectivity index (χ4n) is 0.888. The molecule has 0 saturated heterocycles. The van der Waals surface area contributed by atoms with Crippen molar-refractivity contribution in [2.45, 2.75) is 13.8 Å². The number of carbonyl (C=O) groups excluding carboxylic acids is 2. The molecule has 1 rings (SSSR count). The first-order valence-corrected chi connectivity index (χ1v) is 4.00. The topological polar surface area (TPSA) is 95.4 Å². The Hall–Kier alpha value is -1.85. The third-order valence-electron chi connectivity index (χ3n) is 1.47. The molecule has 1 amide bonds. The summed E-state index contributed by atoms with van der Waals surface area (Å²) in [6.07, 6.45) is 0. The Bertz CT molecular complexity index is 369. The number of amides is 1. The number of oxazole rings is 1. The molecule has 0 aromatic carbocycles. The lowest BCUT2D eigenvalue weighted by molar-refractivity contribution is 0.0487. The van der Waals surface area contributed by atoms with Gasteiger partial charge in [-0.1, -0.05) is 0 Å². The summed E-state index contributed by atoms with van der Waals surface area (Å²) in [6, 6.07) is 0. The third-order valence-corrected chi connectivity index (χ3v) is 1.47. The monoisotopic (exact) mass is 198 g/mol. The second-order valence-corrected chi connectivity index (χ2v) is 2.52. The summed E-state index contributed by atoms with van der Waals surface area (Å²) in [6.45, 7) is 3.42. The molecular weight excluding hydrogens is 188 g/mol. The van der Waals surface area contributed by atoms with Crippen LogP contribution < -0.4 is 5.73 Å². The minimum atomic E-state index is -0.816. The number of aryl methyl sites for hydroxylation is 1. The molecule has 2 N–H and O–H groups in total. The molecule has 0 atom stereocenters. The lowest BCUT2D eigenvalue weighted by Crippen LogP contribution is -2.11. The molecule has 0 fully saturated rings. The highest BCUT2D eigenvalue weighted by Gasteiger charge is 2.20. The number of rotatable bonds is 3. The van der Waals surface area contributed by atoms with E-state index in [1.165, 1.54) is 6.92 Å². The standard InChI is InChI=1S/C8H10N2O4/c1-3-13-8(12)5-4(2)10-7(14-5)6(9)11/h3H2,1-2H3,(H2,9,11). The van der Waals surface area contributed by atoms with Gasteiger partial charge in [0.05, 0.1) is 12.3 Å². The number of esters is 1. The van der Waals surface area contributed by atoms with Crippen LogP contribution in [0.3, 0.4) is 0 Å². The Kier molecular flexibility index (Phi) is 2.85. The largest absolute Gasteiger partial charge is 0.460 e. The first-order chi connectivity index (χ1) is 6.56. The molecule has 0 saturated carbocycles. The summed E-state index contributed by atoms with van der Waals surface area (Å²) >= 11 is 0. The zero-order valence-corrected chi connectivity index (χ0v) is 7.86. The van der Waals surface area contributed by atoms with E-state index in [2.05, 4.69) is 9.72 Å². The smallest absolute Gasteiger partial charge is 0.376 e. The molecule has 0 aliphatic rings. The number of primary amides is 1. The highest BCUT2D eigenvalue weighted by atomic mass is 16.5. The fraction of sp³-hybridized carbons (Fsp3) is 0.375. The highest BCUT2D eigenvalue weighted by Crippen LogP contribution is 2.10. The maximum absolute atomic E-state index is 11.2. The number of aromatic nitrogens is 1. The number of nitrogens with two attached hydrogens (primary N) is 1. The summed E-state index contributed by atoms with van der Waals surface area (Å²) in [5, 5.41) is 0. The van der Waals surface area contributed by atoms with Crippen molar-refractivity contribution in [3.8, 4) is 0 Å². The number of hydrogen-bond donors (Lipinski definition) is 1. The normalized spacial score (nSPS) is 9.86. The van der Waals surface area contributed by atoms with Gasteiger partial charge in [0.2, 0.25) is 5.76 Å². The van der Waals surface area contributed by atoms with Crippen molar-refractivity contribution in [1.29, 1.82) is 0 Å². The molecular formula is C8H10N2O4. The number of carbonyl (C=O) groups is 2. The Morgan fingerprint density at radius 3 is 2.64 bits per heavy atom. The molecule has 1 aromatic rings. The molecule has 14 heavy (non-hydrogen) atoms. The molecule has 6 heteroatoms. The van der Waals surface area contributed by atoms with Crippen LogP contribution in [0.25, 0.3) is 0 Å². The average molecular weight is 198 g/mol. The minimum absolute atomic E-state index is 0.0827. The predicted molar refractivity (Wildman–Crippen MR) is 45.7 cm³/mol. The second-order valence-electron chi connectivity index (χ2n) is 2.52. The van der Waals surface area contributed by atoms with Crippen molar-refractivity contribution in [2.75, 3.05) is 6.61 Å². The van der Waals surface area contributed by atoms with Gasteiger partial charge in [-0.05, 0) is 13.8 Å². The molecule has 0 radical (unpaired) electrons. The molecule has 0 unspecified atom stereocenters. The van der Waals surface area contributed by atoms with E-state index >= 15 is 0 Å². The quantitative estimate of drug-likeness (QED) is 0.702. The Labute approximate surface area is 80.0 Å². The lowest BCUT2D eigenvalue weighted by Gasteiger charge is -1.96. The zero-order chi connectivity index (χ0) is 10.7. The summed E-state index contributed by atoms with van der Waals surface area (Å²) in [5.41, 5.74) is 5.21. The summed E-state index contributed by atoms with van der Waals surface area (Å²) in [4.78, 5) is 25.5. The molecule has 6 nitrogen and oxygen atoms in total. The van der Waals surface area contributed by atoms with E-state index in [4.69, 9.17) is 10.2 Å². The van der Waals surface area contributed by atoms with E-state index in [0.717, 1.165) is 0 Å². The van der Waals surface area contributed by atoms with Crippen molar-refractivity contribution in [3.63, 3.8) is 0 Å². The Morgan fingerprint density at radius 2 is 2.21 bits per heavy atom. The molecule has 0 aliphatic heterocycles. The Balaban J connectivity index is 2.98. The number of nitrogens with zero attached hydrogens (tertiary/aromatic N) is 1. The van der Waals surface area contributed by atoms with Crippen LogP contribution in [0.5, 0.6) is 0 Å². The lowest BCUT2D eigenvalue weighted by atomic mass is 10.4. The zero-order valence-electron chi connectivity index (χ0n) is 7.86. The van der Waals surface area contributed by atoms with Crippen LogP contribution >= 0.6 is 0 Å². The van der Waals surface area contributed by atoms with E-state index in [1.54, 1.807) is 6.92 Å². The summed E-state index contributed by atoms with van der Waals surface area (Å²) in [5.74, 6) is -1.83. The van der Waals surface area contributed by atoms with Crippen molar-refractivity contribution < 1.29 is 18.7 Å². The molecule has 1 heterocycles. The molecule has 0 aliphatic carbocycles. The van der Waals surface area contributed by atoms with Crippen LogP contribution in [0.2, 0.25) is 0 Å². The van der Waals surface area contributed by atoms with E-state index in [0.29, 0.717) is 0 Å². The minimum Gasteiger partial charge on any atom is -0.460 e. The van der Waals surface area contributed by atoms with Gasteiger partial charge in [-0.25, -0.2) is 9.78 Å². The van der Waals surface area contributed by atoms with Gasteiger partial charge in [0.1, 0.15) is 0 Å². The fourth-order valence-corrected chi connectivity index (χ4v) is 0.888. The Morgan fingerprint density at radius 1 is 1.57 bits per heavy atom. The van der Waals surface area contributed by atoms with Crippen molar-refractivity contribution in [3.05, 3.63) is 17.3 Å². The van der Waals surface area contributed by atoms with E-state index in [-0.39, 0.29) is 24.0 Å². The average Bonchev–Trinajstić information content (AvgIpc) is 2.48. The SMILES string of the molecule is CCOC(=O)c1oc(C(N)=O)nc1C. The molecule has 76 valence electrons. The van der Waals surface area contributed by atoms with E-state index in [1.807, 2.05) is 0 Å². The first kappa shape index (κ1) is 10.2. The summed E-state index contributed by atoms with van der Waals surface area (Å²) < 4.78 is 9.51. The highest BCUT2D eigenvalue weighted by molar-refractivity contribution is 5.91. The van der Waals surface area contributed by atoms with Crippen molar-refractivity contribution >= 4 is 11.9 Å². The van der Waals surface area contributed by atoms with Crippen LogP contribution in [0.4, 0.5) is 0 Å². The number of ether oxygens (including phenoxy) is 1. The van der Waals surface area contributed by atoms with Gasteiger partial charge < -0.3 is 14.9 Å².